The van der Waals surface area contributed by atoms with Crippen LogP contribution in [0.4, 0.5) is 26.3 Å². The largest absolute Gasteiger partial charge is 0.471 e. The number of pyridine rings is 1. The number of likely N-dealkylation sites (tertiary alicyclic amines) is 1. The number of amides is 3. The molecule has 2 heterocycles. The fraction of sp³-hybridized carbons (Fsp3) is 0.625. The fourth-order valence-electron chi connectivity index (χ4n) is 5.03. The quantitative estimate of drug-likeness (QED) is 0.549. The van der Waals surface area contributed by atoms with Gasteiger partial charge in [-0.25, -0.2) is 0 Å². The summed E-state index contributed by atoms with van der Waals surface area (Å²) in [7, 11) is 0. The van der Waals surface area contributed by atoms with Gasteiger partial charge in [-0.15, -0.1) is 0 Å². The molecule has 8 nitrogen and oxygen atoms in total. The van der Waals surface area contributed by atoms with Crippen molar-refractivity contribution in [2.45, 2.75) is 65.1 Å². The number of piperidine rings is 1. The maximum atomic E-state index is 13.5. The molecule has 0 aromatic carbocycles. The summed E-state index contributed by atoms with van der Waals surface area (Å²) in [6.07, 6.45) is -8.42. The number of rotatable bonds is 5. The highest BCUT2D eigenvalue weighted by Crippen LogP contribution is 2.65. The molecule has 5 atom stereocenters. The Bertz CT molecular complexity index is 1170. The lowest BCUT2D eigenvalue weighted by molar-refractivity contribution is -0.176. The van der Waals surface area contributed by atoms with Gasteiger partial charge in [0.15, 0.2) is 0 Å². The third-order valence-electron chi connectivity index (χ3n) is 7.24. The summed E-state index contributed by atoms with van der Waals surface area (Å²) in [5.74, 6) is -4.66. The predicted octanol–water partition coefficient (Wildman–Crippen LogP) is 3.36. The molecule has 3 amide bonds. The second kappa shape index (κ2) is 9.43. The van der Waals surface area contributed by atoms with Crippen LogP contribution < -0.4 is 10.6 Å². The summed E-state index contributed by atoms with van der Waals surface area (Å²) in [6.45, 7) is 8.06. The SMILES string of the molecule is CC(C)(C)[C@H](NC(=O)C(F)(F)F)C(=O)N1C[C@H]2[C@@H]([C@H]1C(=O)NC(C#N)c1cncc(C(F)(F)F)c1)C2(C)C. The lowest BCUT2D eigenvalue weighted by atomic mass is 9.85. The molecule has 38 heavy (non-hydrogen) atoms. The topological polar surface area (TPSA) is 115 Å². The second-order valence-electron chi connectivity index (χ2n) is 11.2. The van der Waals surface area contributed by atoms with Gasteiger partial charge < -0.3 is 15.5 Å². The zero-order chi connectivity index (χ0) is 29.0. The number of hydrogen-bond acceptors (Lipinski definition) is 5. The number of aromatic nitrogens is 1. The number of alkyl halides is 6. The van der Waals surface area contributed by atoms with Gasteiger partial charge in [-0.05, 0) is 28.7 Å². The number of carbonyl (C=O) groups is 3. The Morgan fingerprint density at radius 1 is 1.11 bits per heavy atom. The molecule has 3 rings (SSSR count). The molecule has 1 saturated heterocycles. The van der Waals surface area contributed by atoms with Crippen LogP contribution in [-0.2, 0) is 20.6 Å². The monoisotopic (exact) mass is 547 g/mol. The van der Waals surface area contributed by atoms with Crippen molar-refractivity contribution in [3.63, 3.8) is 0 Å². The summed E-state index contributed by atoms with van der Waals surface area (Å²) < 4.78 is 78.2. The first-order valence-corrected chi connectivity index (χ1v) is 11.6. The number of carbonyl (C=O) groups excluding carboxylic acids is 3. The summed E-state index contributed by atoms with van der Waals surface area (Å²) in [5.41, 5.74) is -2.94. The molecule has 2 aliphatic rings. The molecule has 2 N–H and O–H groups in total. The van der Waals surface area contributed by atoms with E-state index >= 15 is 0 Å². The van der Waals surface area contributed by atoms with Crippen molar-refractivity contribution in [1.82, 2.24) is 20.5 Å². The normalized spacial score (nSPS) is 24.1. The van der Waals surface area contributed by atoms with E-state index in [1.54, 1.807) is 11.4 Å². The molecular formula is C24H27F6N5O3. The van der Waals surface area contributed by atoms with E-state index < -0.39 is 70.5 Å². The van der Waals surface area contributed by atoms with Crippen LogP contribution in [0.25, 0.3) is 0 Å². The molecule has 2 fully saturated rings. The summed E-state index contributed by atoms with van der Waals surface area (Å²) in [5, 5.41) is 13.7. The third kappa shape index (κ3) is 5.56. The van der Waals surface area contributed by atoms with E-state index in [0.29, 0.717) is 12.3 Å². The Balaban J connectivity index is 1.90. The first-order valence-electron chi connectivity index (χ1n) is 11.6. The molecule has 1 aromatic rings. The molecule has 1 unspecified atom stereocenters. The molecule has 0 bridgehead atoms. The van der Waals surface area contributed by atoms with E-state index in [9.17, 15) is 46.0 Å². The van der Waals surface area contributed by atoms with Crippen LogP contribution in [0.3, 0.4) is 0 Å². The molecular weight excluding hydrogens is 520 g/mol. The van der Waals surface area contributed by atoms with Gasteiger partial charge in [-0.2, -0.15) is 31.6 Å². The zero-order valence-corrected chi connectivity index (χ0v) is 21.2. The average Bonchev–Trinajstić information content (AvgIpc) is 3.12. The molecule has 0 spiro atoms. The van der Waals surface area contributed by atoms with E-state index in [4.69, 9.17) is 0 Å². The van der Waals surface area contributed by atoms with Crippen molar-refractivity contribution >= 4 is 17.7 Å². The van der Waals surface area contributed by atoms with Crippen molar-refractivity contribution in [2.24, 2.45) is 22.7 Å². The fourth-order valence-corrected chi connectivity index (χ4v) is 5.03. The van der Waals surface area contributed by atoms with Gasteiger partial charge in [-0.1, -0.05) is 34.6 Å². The minimum Gasteiger partial charge on any atom is -0.336 e. The second-order valence-corrected chi connectivity index (χ2v) is 11.2. The average molecular weight is 548 g/mol. The third-order valence-corrected chi connectivity index (χ3v) is 7.24. The van der Waals surface area contributed by atoms with Crippen molar-refractivity contribution in [1.29, 1.82) is 5.26 Å². The van der Waals surface area contributed by atoms with E-state index in [0.717, 1.165) is 11.1 Å². The lowest BCUT2D eigenvalue weighted by Gasteiger charge is -2.37. The Hall–Kier alpha value is -3.37. The van der Waals surface area contributed by atoms with Crippen LogP contribution in [0, 0.1) is 34.0 Å². The Labute approximate surface area is 214 Å². The van der Waals surface area contributed by atoms with Crippen LogP contribution in [0.15, 0.2) is 18.5 Å². The number of halogens is 6. The van der Waals surface area contributed by atoms with Crippen LogP contribution in [0.5, 0.6) is 0 Å². The van der Waals surface area contributed by atoms with Gasteiger partial charge >= 0.3 is 18.3 Å². The van der Waals surface area contributed by atoms with Crippen molar-refractivity contribution < 1.29 is 40.7 Å². The zero-order valence-electron chi connectivity index (χ0n) is 21.2. The van der Waals surface area contributed by atoms with Gasteiger partial charge in [0.2, 0.25) is 11.8 Å². The van der Waals surface area contributed by atoms with Gasteiger partial charge in [0.05, 0.1) is 11.6 Å². The Morgan fingerprint density at radius 3 is 2.21 bits per heavy atom. The molecule has 208 valence electrons. The molecule has 1 aliphatic heterocycles. The first kappa shape index (κ1) is 29.2. The lowest BCUT2D eigenvalue weighted by Crippen LogP contribution is -2.60. The van der Waals surface area contributed by atoms with Crippen LogP contribution in [0.1, 0.15) is 51.8 Å². The van der Waals surface area contributed by atoms with Crippen LogP contribution in [-0.4, -0.2) is 52.4 Å². The van der Waals surface area contributed by atoms with E-state index in [1.165, 1.54) is 20.8 Å². The Kier molecular flexibility index (Phi) is 7.24. The summed E-state index contributed by atoms with van der Waals surface area (Å²) in [6, 6.07) is -2.01. The standard InChI is InChI=1S/C24H27F6N5O3/c1-21(2,3)17(34-20(38)24(28,29)30)19(37)35-10-13-15(22(13,4)5)16(35)18(36)33-14(7-31)11-6-12(9-32-8-11)23(25,26)27/h6,8-9,13-17H,10H2,1-5H3,(H,33,36)(H,34,38)/t13-,14?,15-,16-,17+/m0/s1. The molecule has 1 saturated carbocycles. The van der Waals surface area contributed by atoms with E-state index in [1.807, 2.05) is 13.8 Å². The van der Waals surface area contributed by atoms with Crippen molar-refractivity contribution in [3.8, 4) is 6.07 Å². The van der Waals surface area contributed by atoms with Crippen molar-refractivity contribution in [3.05, 3.63) is 29.6 Å². The van der Waals surface area contributed by atoms with Gasteiger partial charge in [0.25, 0.3) is 0 Å². The molecule has 0 radical (unpaired) electrons. The highest BCUT2D eigenvalue weighted by molar-refractivity contribution is 5.95. The molecule has 1 aliphatic carbocycles. The predicted molar refractivity (Wildman–Crippen MR) is 119 cm³/mol. The minimum atomic E-state index is -5.24. The Morgan fingerprint density at radius 2 is 1.71 bits per heavy atom. The van der Waals surface area contributed by atoms with Gasteiger partial charge in [0, 0.05) is 24.5 Å². The number of hydrogen-bond donors (Lipinski definition) is 2. The van der Waals surface area contributed by atoms with Gasteiger partial charge in [-0.3, -0.25) is 19.4 Å². The summed E-state index contributed by atoms with van der Waals surface area (Å²) in [4.78, 5) is 43.1. The van der Waals surface area contributed by atoms with Gasteiger partial charge in [0.1, 0.15) is 18.1 Å². The first-order chi connectivity index (χ1) is 17.2. The van der Waals surface area contributed by atoms with Crippen molar-refractivity contribution in [2.75, 3.05) is 6.54 Å². The van der Waals surface area contributed by atoms with Crippen LogP contribution in [0.2, 0.25) is 0 Å². The maximum Gasteiger partial charge on any atom is 0.471 e. The molecule has 14 heteroatoms. The number of fused-ring (bicyclic) bond motifs is 1. The smallest absolute Gasteiger partial charge is 0.336 e. The van der Waals surface area contributed by atoms with Crippen LogP contribution >= 0.6 is 0 Å². The minimum absolute atomic E-state index is 0.0192. The number of nitriles is 1. The molecule has 1 aromatic heterocycles. The van der Waals surface area contributed by atoms with E-state index in [-0.39, 0.29) is 18.0 Å². The number of nitrogens with one attached hydrogen (secondary N) is 2. The van der Waals surface area contributed by atoms with E-state index in [2.05, 4.69) is 10.3 Å². The number of nitrogens with zero attached hydrogens (tertiary/aromatic N) is 3. The summed E-state index contributed by atoms with van der Waals surface area (Å²) >= 11 is 0. The highest BCUT2D eigenvalue weighted by atomic mass is 19.4. The highest BCUT2D eigenvalue weighted by Gasteiger charge is 2.70. The maximum absolute atomic E-state index is 13.5.